The summed E-state index contributed by atoms with van der Waals surface area (Å²) in [7, 11) is 1.83. The van der Waals surface area contributed by atoms with Gasteiger partial charge in [-0.3, -0.25) is 9.48 Å². The van der Waals surface area contributed by atoms with Crippen molar-refractivity contribution in [2.24, 2.45) is 7.05 Å². The van der Waals surface area contributed by atoms with Crippen LogP contribution in [0.5, 0.6) is 0 Å². The molecule has 2 aromatic rings. The largest absolute Gasteiger partial charge is 0.344 e. The Bertz CT molecular complexity index is 650. The van der Waals surface area contributed by atoms with Gasteiger partial charge >= 0.3 is 0 Å². The number of nitrogens with one attached hydrogen (secondary N) is 1. The van der Waals surface area contributed by atoms with E-state index >= 15 is 0 Å². The highest BCUT2D eigenvalue weighted by molar-refractivity contribution is 14.1. The normalized spacial score (nSPS) is 17.6. The molecule has 0 spiro atoms. The van der Waals surface area contributed by atoms with Crippen LogP contribution in [-0.2, 0) is 13.5 Å². The third-order valence-corrected chi connectivity index (χ3v) is 4.46. The maximum atomic E-state index is 12.4. The lowest BCUT2D eigenvalue weighted by molar-refractivity contribution is 0.0926. The van der Waals surface area contributed by atoms with Crippen molar-refractivity contribution in [2.45, 2.75) is 25.3 Å². The number of benzene rings is 1. The van der Waals surface area contributed by atoms with Crippen molar-refractivity contribution in [3.8, 4) is 0 Å². The van der Waals surface area contributed by atoms with Crippen molar-refractivity contribution in [1.82, 2.24) is 15.1 Å². The van der Waals surface area contributed by atoms with Crippen LogP contribution >= 0.6 is 22.6 Å². The molecule has 1 aliphatic rings. The fourth-order valence-electron chi connectivity index (χ4n) is 2.74. The van der Waals surface area contributed by atoms with Crippen LogP contribution in [-0.4, -0.2) is 15.7 Å². The van der Waals surface area contributed by atoms with E-state index in [9.17, 15) is 4.79 Å². The van der Waals surface area contributed by atoms with Gasteiger partial charge in [0.2, 0.25) is 0 Å². The second kappa shape index (κ2) is 5.55. The summed E-state index contributed by atoms with van der Waals surface area (Å²) in [4.78, 5) is 12.4. The van der Waals surface area contributed by atoms with Gasteiger partial charge < -0.3 is 5.32 Å². The molecule has 20 heavy (non-hydrogen) atoms. The van der Waals surface area contributed by atoms with Crippen LogP contribution in [0.2, 0.25) is 0 Å². The quantitative estimate of drug-likeness (QED) is 0.814. The summed E-state index contributed by atoms with van der Waals surface area (Å²) in [5.74, 6) is -0.0864. The molecule has 104 valence electrons. The highest BCUT2D eigenvalue weighted by Gasteiger charge is 2.23. The number of nitrogens with zero attached hydrogens (tertiary/aromatic N) is 2. The number of halogens is 1. The zero-order valence-electron chi connectivity index (χ0n) is 11.3. The van der Waals surface area contributed by atoms with Gasteiger partial charge in [-0.25, -0.2) is 0 Å². The molecule has 1 heterocycles. The fraction of sp³-hybridized carbons (Fsp3) is 0.333. The monoisotopic (exact) mass is 381 g/mol. The maximum absolute atomic E-state index is 12.4. The van der Waals surface area contributed by atoms with Crippen LogP contribution in [0.1, 0.15) is 40.5 Å². The van der Waals surface area contributed by atoms with E-state index in [4.69, 9.17) is 0 Å². The van der Waals surface area contributed by atoms with E-state index in [1.807, 2.05) is 19.3 Å². The Morgan fingerprint density at radius 2 is 2.25 bits per heavy atom. The number of aromatic nitrogens is 2. The van der Waals surface area contributed by atoms with E-state index in [2.05, 4.69) is 51.2 Å². The minimum Gasteiger partial charge on any atom is -0.344 e. The number of carbonyl (C=O) groups is 1. The first-order valence-corrected chi connectivity index (χ1v) is 7.81. The van der Waals surface area contributed by atoms with Gasteiger partial charge in [-0.15, -0.1) is 0 Å². The molecule has 0 radical (unpaired) electrons. The van der Waals surface area contributed by atoms with Crippen LogP contribution in [0.4, 0.5) is 0 Å². The first-order valence-electron chi connectivity index (χ1n) is 6.73. The molecule has 5 heteroatoms. The summed E-state index contributed by atoms with van der Waals surface area (Å²) >= 11 is 2.15. The Balaban J connectivity index is 1.82. The first kappa shape index (κ1) is 13.6. The number of carbonyl (C=O) groups excluding carboxylic acids is 1. The molecule has 1 amide bonds. The van der Waals surface area contributed by atoms with Crippen molar-refractivity contribution < 1.29 is 4.79 Å². The second-order valence-electron chi connectivity index (χ2n) is 5.12. The summed E-state index contributed by atoms with van der Waals surface area (Å²) in [6.45, 7) is 0. The third kappa shape index (κ3) is 2.59. The highest BCUT2D eigenvalue weighted by atomic mass is 127. The topological polar surface area (TPSA) is 46.9 Å². The lowest BCUT2D eigenvalue weighted by Crippen LogP contribution is -2.31. The fourth-order valence-corrected chi connectivity index (χ4v) is 3.50. The predicted octanol–water partition coefficient (Wildman–Crippen LogP) is 2.83. The van der Waals surface area contributed by atoms with E-state index in [0.29, 0.717) is 5.69 Å². The van der Waals surface area contributed by atoms with Crippen LogP contribution in [0.25, 0.3) is 0 Å². The van der Waals surface area contributed by atoms with Crippen LogP contribution in [0.3, 0.4) is 0 Å². The average molecular weight is 381 g/mol. The Hall–Kier alpha value is -1.37. The Kier molecular flexibility index (Phi) is 3.78. The SMILES string of the molecule is Cn1cc(I)c(C(=O)N[C@@H]2CCCc3ccccc32)n1. The van der Waals surface area contributed by atoms with Crippen LogP contribution in [0, 0.1) is 3.57 Å². The van der Waals surface area contributed by atoms with Gasteiger partial charge in [0.15, 0.2) is 5.69 Å². The molecule has 1 aromatic carbocycles. The minimum atomic E-state index is -0.0864. The standard InChI is InChI=1S/C15H16IN3O/c1-19-9-12(16)14(18-19)15(20)17-13-8-4-6-10-5-2-3-7-11(10)13/h2-3,5,7,9,13H,4,6,8H2,1H3,(H,17,20)/t13-/m1/s1. The van der Waals surface area contributed by atoms with E-state index < -0.39 is 0 Å². The van der Waals surface area contributed by atoms with E-state index in [1.165, 1.54) is 11.1 Å². The Labute approximate surface area is 131 Å². The van der Waals surface area contributed by atoms with E-state index in [-0.39, 0.29) is 11.9 Å². The van der Waals surface area contributed by atoms with Gasteiger partial charge in [0.25, 0.3) is 5.91 Å². The molecule has 0 saturated heterocycles. The van der Waals surface area contributed by atoms with Crippen molar-refractivity contribution in [3.63, 3.8) is 0 Å². The molecule has 4 nitrogen and oxygen atoms in total. The van der Waals surface area contributed by atoms with E-state index in [1.54, 1.807) is 4.68 Å². The minimum absolute atomic E-state index is 0.0864. The van der Waals surface area contributed by atoms with E-state index in [0.717, 1.165) is 22.8 Å². The summed E-state index contributed by atoms with van der Waals surface area (Å²) in [6.07, 6.45) is 5.06. The molecule has 3 rings (SSSR count). The lowest BCUT2D eigenvalue weighted by atomic mass is 9.88. The summed E-state index contributed by atoms with van der Waals surface area (Å²) in [6, 6.07) is 8.46. The Morgan fingerprint density at radius 1 is 1.45 bits per heavy atom. The van der Waals surface area contributed by atoms with Crippen LogP contribution in [0.15, 0.2) is 30.5 Å². The molecular weight excluding hydrogens is 365 g/mol. The average Bonchev–Trinajstić information content (AvgIpc) is 2.78. The number of fused-ring (bicyclic) bond motifs is 1. The molecule has 0 bridgehead atoms. The number of rotatable bonds is 2. The summed E-state index contributed by atoms with van der Waals surface area (Å²) in [5, 5.41) is 7.35. The molecule has 1 aliphatic carbocycles. The van der Waals surface area contributed by atoms with Gasteiger partial charge in [-0.2, -0.15) is 5.10 Å². The number of aryl methyl sites for hydroxylation is 2. The zero-order valence-corrected chi connectivity index (χ0v) is 13.4. The molecule has 1 atom stereocenters. The maximum Gasteiger partial charge on any atom is 0.273 e. The van der Waals surface area contributed by atoms with Crippen LogP contribution < -0.4 is 5.32 Å². The number of amides is 1. The van der Waals surface area contributed by atoms with Crippen molar-refractivity contribution in [2.75, 3.05) is 0 Å². The summed E-state index contributed by atoms with van der Waals surface area (Å²) in [5.41, 5.74) is 3.11. The number of hydrogen-bond acceptors (Lipinski definition) is 2. The smallest absolute Gasteiger partial charge is 0.273 e. The zero-order chi connectivity index (χ0) is 14.1. The van der Waals surface area contributed by atoms with Crippen molar-refractivity contribution in [1.29, 1.82) is 0 Å². The third-order valence-electron chi connectivity index (χ3n) is 3.67. The lowest BCUT2D eigenvalue weighted by Gasteiger charge is -2.26. The predicted molar refractivity (Wildman–Crippen MR) is 85.5 cm³/mol. The van der Waals surface area contributed by atoms with Crippen molar-refractivity contribution >= 4 is 28.5 Å². The van der Waals surface area contributed by atoms with Gasteiger partial charge in [-0.05, 0) is 53.0 Å². The van der Waals surface area contributed by atoms with Gasteiger partial charge in [0.1, 0.15) is 0 Å². The van der Waals surface area contributed by atoms with Gasteiger partial charge in [0, 0.05) is 13.2 Å². The highest BCUT2D eigenvalue weighted by Crippen LogP contribution is 2.29. The number of hydrogen-bond donors (Lipinski definition) is 1. The molecule has 0 fully saturated rings. The molecule has 0 unspecified atom stereocenters. The summed E-state index contributed by atoms with van der Waals surface area (Å²) < 4.78 is 2.55. The van der Waals surface area contributed by atoms with Crippen molar-refractivity contribution in [3.05, 3.63) is 50.9 Å². The molecule has 1 N–H and O–H groups in total. The Morgan fingerprint density at radius 3 is 3.00 bits per heavy atom. The van der Waals surface area contributed by atoms with Gasteiger partial charge in [-0.1, -0.05) is 24.3 Å². The van der Waals surface area contributed by atoms with Gasteiger partial charge in [0.05, 0.1) is 9.61 Å². The first-order chi connectivity index (χ1) is 9.65. The molecule has 0 saturated carbocycles. The molecule has 1 aromatic heterocycles. The molecular formula is C15H16IN3O. The second-order valence-corrected chi connectivity index (χ2v) is 6.28. The molecule has 0 aliphatic heterocycles.